The zero-order chi connectivity index (χ0) is 15.4. The summed E-state index contributed by atoms with van der Waals surface area (Å²) in [6.45, 7) is 1.93. The second-order valence-corrected chi connectivity index (χ2v) is 6.20. The van der Waals surface area contributed by atoms with Crippen molar-refractivity contribution in [1.82, 2.24) is 0 Å². The molecule has 0 bridgehead atoms. The molecule has 2 heteroatoms. The van der Waals surface area contributed by atoms with Crippen LogP contribution in [0.4, 0.5) is 0 Å². The summed E-state index contributed by atoms with van der Waals surface area (Å²) in [6, 6.07) is 25.0. The highest BCUT2D eigenvalue weighted by Crippen LogP contribution is 2.35. The first-order valence-corrected chi connectivity index (χ1v) is 8.00. The Balaban J connectivity index is 2.19. The Kier molecular flexibility index (Phi) is 4.31. The monoisotopic (exact) mass is 305 g/mol. The highest BCUT2D eigenvalue weighted by Gasteiger charge is 2.18. The van der Waals surface area contributed by atoms with E-state index in [0.717, 1.165) is 16.0 Å². The van der Waals surface area contributed by atoms with Gasteiger partial charge in [0.1, 0.15) is 0 Å². The molecule has 0 unspecified atom stereocenters. The van der Waals surface area contributed by atoms with Gasteiger partial charge in [-0.1, -0.05) is 48.5 Å². The quantitative estimate of drug-likeness (QED) is 0.446. The van der Waals surface area contributed by atoms with Crippen LogP contribution in [-0.4, -0.2) is 5.11 Å². The second kappa shape index (κ2) is 6.54. The normalized spacial score (nSPS) is 11.4. The molecule has 0 aliphatic rings. The van der Waals surface area contributed by atoms with Crippen molar-refractivity contribution < 1.29 is 5.11 Å². The summed E-state index contributed by atoms with van der Waals surface area (Å²) in [5.74, 6) is 0. The maximum absolute atomic E-state index is 9.36. The van der Waals surface area contributed by atoms with Crippen LogP contribution in [-0.2, 0) is 0 Å². The number of rotatable bonds is 3. The molecular formula is C20H17OS+. The second-order valence-electron chi connectivity index (χ2n) is 5.12. The molecule has 1 aromatic heterocycles. The van der Waals surface area contributed by atoms with E-state index in [1.165, 1.54) is 22.3 Å². The number of aliphatic hydroxyl groups is 1. The molecule has 108 valence electrons. The molecule has 3 aromatic rings. The fourth-order valence-corrected chi connectivity index (χ4v) is 3.38. The first-order valence-electron chi connectivity index (χ1n) is 7.18. The third kappa shape index (κ3) is 3.07. The first kappa shape index (κ1) is 14.5. The van der Waals surface area contributed by atoms with Gasteiger partial charge in [-0.15, -0.1) is 0 Å². The van der Waals surface area contributed by atoms with Crippen LogP contribution in [0.1, 0.15) is 11.8 Å². The summed E-state index contributed by atoms with van der Waals surface area (Å²) in [7, 11) is 0. The van der Waals surface area contributed by atoms with E-state index < -0.39 is 0 Å². The SMILES string of the molecule is C/C(=C\O)c1cc(-c2ccccc2)cc(-c2ccccc2)[s+]1. The minimum absolute atomic E-state index is 0.875. The van der Waals surface area contributed by atoms with Crippen LogP contribution in [0.3, 0.4) is 0 Å². The van der Waals surface area contributed by atoms with Crippen LogP contribution in [0.25, 0.3) is 27.1 Å². The number of hydrogen-bond donors (Lipinski definition) is 1. The Labute approximate surface area is 134 Å². The van der Waals surface area contributed by atoms with Crippen LogP contribution in [0.5, 0.6) is 0 Å². The lowest BCUT2D eigenvalue weighted by molar-refractivity contribution is 0.475. The molecule has 0 aliphatic heterocycles. The summed E-state index contributed by atoms with van der Waals surface area (Å²) in [5, 5.41) is 9.36. The number of hydrogen-bond acceptors (Lipinski definition) is 1. The van der Waals surface area contributed by atoms with E-state index in [2.05, 4.69) is 36.4 Å². The lowest BCUT2D eigenvalue weighted by Crippen LogP contribution is -1.84. The molecular weight excluding hydrogens is 288 g/mol. The molecule has 0 amide bonds. The summed E-state index contributed by atoms with van der Waals surface area (Å²) in [4.78, 5) is 2.26. The van der Waals surface area contributed by atoms with Gasteiger partial charge < -0.3 is 5.11 Å². The Morgan fingerprint density at radius 1 is 0.818 bits per heavy atom. The molecule has 0 radical (unpaired) electrons. The van der Waals surface area contributed by atoms with Gasteiger partial charge in [-0.25, -0.2) is 0 Å². The van der Waals surface area contributed by atoms with Crippen molar-refractivity contribution in [3.8, 4) is 21.6 Å². The molecule has 2 aromatic carbocycles. The molecule has 0 saturated heterocycles. The fraction of sp³-hybridized carbons (Fsp3) is 0.0500. The van der Waals surface area contributed by atoms with Crippen molar-refractivity contribution in [1.29, 1.82) is 0 Å². The topological polar surface area (TPSA) is 20.2 Å². The highest BCUT2D eigenvalue weighted by atomic mass is 32.1. The van der Waals surface area contributed by atoms with Gasteiger partial charge in [-0.3, -0.25) is 0 Å². The molecule has 3 rings (SSSR count). The van der Waals surface area contributed by atoms with E-state index in [1.807, 2.05) is 43.3 Å². The summed E-state index contributed by atoms with van der Waals surface area (Å²) in [6.07, 6.45) is 1.18. The maximum Gasteiger partial charge on any atom is 0.239 e. The summed E-state index contributed by atoms with van der Waals surface area (Å²) in [5.41, 5.74) is 4.41. The number of aliphatic hydroxyl groups excluding tert-OH is 1. The van der Waals surface area contributed by atoms with Crippen molar-refractivity contribution in [2.45, 2.75) is 6.92 Å². The van der Waals surface area contributed by atoms with Gasteiger partial charge in [0, 0.05) is 23.3 Å². The predicted octanol–water partition coefficient (Wildman–Crippen LogP) is 6.28. The Morgan fingerprint density at radius 2 is 1.41 bits per heavy atom. The predicted molar refractivity (Wildman–Crippen MR) is 95.9 cm³/mol. The molecule has 1 heterocycles. The van der Waals surface area contributed by atoms with Crippen LogP contribution < -0.4 is 0 Å². The molecule has 0 aliphatic carbocycles. The minimum Gasteiger partial charge on any atom is -0.515 e. The minimum atomic E-state index is 0.875. The summed E-state index contributed by atoms with van der Waals surface area (Å²) < 4.78 is 0. The van der Waals surface area contributed by atoms with Crippen LogP contribution in [0.2, 0.25) is 0 Å². The maximum atomic E-state index is 9.36. The molecule has 0 atom stereocenters. The van der Waals surface area contributed by atoms with Gasteiger partial charge in [-0.2, -0.15) is 0 Å². The molecule has 0 fully saturated rings. The molecule has 1 N–H and O–H groups in total. The van der Waals surface area contributed by atoms with Crippen molar-refractivity contribution >= 4 is 16.9 Å². The molecule has 0 spiro atoms. The Hall–Kier alpha value is -2.45. The van der Waals surface area contributed by atoms with Gasteiger partial charge in [-0.05, 0) is 30.2 Å². The van der Waals surface area contributed by atoms with E-state index in [4.69, 9.17) is 0 Å². The van der Waals surface area contributed by atoms with Gasteiger partial charge in [0.2, 0.25) is 21.1 Å². The van der Waals surface area contributed by atoms with E-state index >= 15 is 0 Å². The molecule has 22 heavy (non-hydrogen) atoms. The number of benzene rings is 2. The van der Waals surface area contributed by atoms with E-state index in [-0.39, 0.29) is 0 Å². The molecule has 0 saturated carbocycles. The lowest BCUT2D eigenvalue weighted by atomic mass is 10.0. The van der Waals surface area contributed by atoms with E-state index in [9.17, 15) is 5.11 Å². The van der Waals surface area contributed by atoms with Crippen molar-refractivity contribution in [3.63, 3.8) is 0 Å². The molecule has 1 nitrogen and oxygen atoms in total. The van der Waals surface area contributed by atoms with E-state index in [1.54, 1.807) is 11.3 Å². The Morgan fingerprint density at radius 3 is 2.00 bits per heavy atom. The summed E-state index contributed by atoms with van der Waals surface area (Å²) >= 11 is 1.69. The third-order valence-corrected chi connectivity index (χ3v) is 4.77. The average Bonchev–Trinajstić information content (AvgIpc) is 2.62. The van der Waals surface area contributed by atoms with Gasteiger partial charge in [0.25, 0.3) is 0 Å². The smallest absolute Gasteiger partial charge is 0.239 e. The highest BCUT2D eigenvalue weighted by molar-refractivity contribution is 7.16. The van der Waals surface area contributed by atoms with Crippen LogP contribution >= 0.6 is 11.3 Å². The van der Waals surface area contributed by atoms with Crippen LogP contribution in [0.15, 0.2) is 79.1 Å². The number of allylic oxidation sites excluding steroid dienone is 1. The van der Waals surface area contributed by atoms with Crippen molar-refractivity contribution in [3.05, 3.63) is 83.9 Å². The first-order chi connectivity index (χ1) is 10.8. The largest absolute Gasteiger partial charge is 0.515 e. The lowest BCUT2D eigenvalue weighted by Gasteiger charge is -2.02. The zero-order valence-electron chi connectivity index (χ0n) is 12.4. The van der Waals surface area contributed by atoms with Gasteiger partial charge in [0.05, 0.1) is 6.26 Å². The fourth-order valence-electron chi connectivity index (χ4n) is 2.30. The standard InChI is InChI=1S/C20H16OS/c1-15(14-21)19-12-18(16-8-4-2-5-9-16)13-20(22-19)17-10-6-3-7-11-17/h2-14H,1H3/p+1/b15-14+. The van der Waals surface area contributed by atoms with Crippen LogP contribution in [0, 0.1) is 0 Å². The van der Waals surface area contributed by atoms with Crippen molar-refractivity contribution in [2.24, 2.45) is 0 Å². The van der Waals surface area contributed by atoms with Crippen molar-refractivity contribution in [2.75, 3.05) is 0 Å². The zero-order valence-corrected chi connectivity index (χ0v) is 13.2. The third-order valence-electron chi connectivity index (χ3n) is 3.54. The Bertz CT molecular complexity index is 735. The van der Waals surface area contributed by atoms with Gasteiger partial charge >= 0.3 is 0 Å². The van der Waals surface area contributed by atoms with Gasteiger partial charge in [0.15, 0.2) is 0 Å². The average molecular weight is 305 g/mol. The van der Waals surface area contributed by atoms with E-state index in [0.29, 0.717) is 0 Å².